The van der Waals surface area contributed by atoms with Gasteiger partial charge in [-0.1, -0.05) is 0 Å². The van der Waals surface area contributed by atoms with Gasteiger partial charge >= 0.3 is 0 Å². The molecule has 2 aliphatic rings. The quantitative estimate of drug-likeness (QED) is 0.845. The molecule has 0 bridgehead atoms. The molecule has 1 amide bonds. The van der Waals surface area contributed by atoms with E-state index in [4.69, 9.17) is 0 Å². The van der Waals surface area contributed by atoms with Crippen LogP contribution in [0.5, 0.6) is 0 Å². The van der Waals surface area contributed by atoms with Crippen LogP contribution in [0.3, 0.4) is 0 Å². The van der Waals surface area contributed by atoms with Gasteiger partial charge in [0.25, 0.3) is 5.91 Å². The van der Waals surface area contributed by atoms with E-state index in [9.17, 15) is 10.1 Å². The molecule has 1 unspecified atom stereocenters. The Kier molecular flexibility index (Phi) is 3.75. The van der Waals surface area contributed by atoms with Crippen LogP contribution in [0.2, 0.25) is 0 Å². The van der Waals surface area contributed by atoms with Gasteiger partial charge in [0.1, 0.15) is 18.7 Å². The van der Waals surface area contributed by atoms with Crippen LogP contribution in [0.1, 0.15) is 23.2 Å². The number of hydrogen-bond donors (Lipinski definition) is 0. The molecule has 2 heterocycles. The summed E-state index contributed by atoms with van der Waals surface area (Å²) in [5.74, 6) is -0.0130. The summed E-state index contributed by atoms with van der Waals surface area (Å²) in [7, 11) is 0. The molecular formula is C17H18N6O. The average molecular weight is 322 g/mol. The number of hydrogen-bond acceptors (Lipinski definition) is 5. The van der Waals surface area contributed by atoms with Crippen molar-refractivity contribution < 1.29 is 4.79 Å². The number of aromatic nitrogens is 3. The molecule has 2 fully saturated rings. The summed E-state index contributed by atoms with van der Waals surface area (Å²) in [5, 5.41) is 17.0. The molecule has 1 aliphatic carbocycles. The standard InChI is InChI=1S/C17H18N6O/c18-9-16-10-21(7-8-23(16)15-5-6-15)17(24)13-1-3-14(4-2-13)22-11-19-20-12-22/h1-4,11-12,15-16H,5-8,10H2. The summed E-state index contributed by atoms with van der Waals surface area (Å²) in [4.78, 5) is 16.8. The monoisotopic (exact) mass is 322 g/mol. The van der Waals surface area contributed by atoms with Crippen molar-refractivity contribution in [2.24, 2.45) is 0 Å². The van der Waals surface area contributed by atoms with E-state index in [-0.39, 0.29) is 11.9 Å². The first-order valence-corrected chi connectivity index (χ1v) is 8.16. The van der Waals surface area contributed by atoms with E-state index < -0.39 is 0 Å². The highest BCUT2D eigenvalue weighted by Crippen LogP contribution is 2.30. The molecular weight excluding hydrogens is 304 g/mol. The van der Waals surface area contributed by atoms with Crippen molar-refractivity contribution in [3.8, 4) is 11.8 Å². The van der Waals surface area contributed by atoms with E-state index in [1.807, 2.05) is 24.3 Å². The van der Waals surface area contributed by atoms with E-state index in [1.54, 1.807) is 22.1 Å². The molecule has 1 saturated carbocycles. The zero-order valence-corrected chi connectivity index (χ0v) is 13.2. The largest absolute Gasteiger partial charge is 0.335 e. The maximum Gasteiger partial charge on any atom is 0.253 e. The maximum atomic E-state index is 12.7. The molecule has 1 saturated heterocycles. The summed E-state index contributed by atoms with van der Waals surface area (Å²) in [6.45, 7) is 1.95. The van der Waals surface area contributed by atoms with Gasteiger partial charge in [-0.25, -0.2) is 0 Å². The zero-order valence-electron chi connectivity index (χ0n) is 13.2. The first-order valence-electron chi connectivity index (χ1n) is 8.16. The second-order valence-electron chi connectivity index (χ2n) is 6.28. The highest BCUT2D eigenvalue weighted by molar-refractivity contribution is 5.94. The topological polar surface area (TPSA) is 78.0 Å². The molecule has 122 valence electrons. The summed E-state index contributed by atoms with van der Waals surface area (Å²) in [5.41, 5.74) is 1.55. The number of benzene rings is 1. The summed E-state index contributed by atoms with van der Waals surface area (Å²) in [6.07, 6.45) is 5.59. The summed E-state index contributed by atoms with van der Waals surface area (Å²) >= 11 is 0. The Bertz CT molecular complexity index is 759. The minimum absolute atomic E-state index is 0.0130. The van der Waals surface area contributed by atoms with E-state index >= 15 is 0 Å². The van der Waals surface area contributed by atoms with Crippen molar-refractivity contribution in [2.45, 2.75) is 24.9 Å². The van der Waals surface area contributed by atoms with Crippen molar-refractivity contribution in [2.75, 3.05) is 19.6 Å². The van der Waals surface area contributed by atoms with Gasteiger partial charge in [-0.15, -0.1) is 10.2 Å². The second-order valence-corrected chi connectivity index (χ2v) is 6.28. The molecule has 1 aliphatic heterocycles. The fourth-order valence-electron chi connectivity index (χ4n) is 3.23. The Morgan fingerprint density at radius 2 is 1.83 bits per heavy atom. The van der Waals surface area contributed by atoms with Gasteiger partial charge in [-0.2, -0.15) is 5.26 Å². The Balaban J connectivity index is 1.46. The molecule has 1 aromatic heterocycles. The minimum Gasteiger partial charge on any atom is -0.335 e. The van der Waals surface area contributed by atoms with Crippen LogP contribution < -0.4 is 0 Å². The average Bonchev–Trinajstić information content (AvgIpc) is 3.34. The highest BCUT2D eigenvalue weighted by atomic mass is 16.2. The van der Waals surface area contributed by atoms with Crippen LogP contribution in [0, 0.1) is 11.3 Å². The van der Waals surface area contributed by atoms with Gasteiger partial charge in [0.05, 0.1) is 6.07 Å². The third-order valence-corrected chi connectivity index (χ3v) is 4.71. The van der Waals surface area contributed by atoms with Gasteiger partial charge in [-0.3, -0.25) is 14.3 Å². The predicted octanol–water partition coefficient (Wildman–Crippen LogP) is 1.08. The lowest BCUT2D eigenvalue weighted by atomic mass is 10.1. The van der Waals surface area contributed by atoms with Crippen LogP contribution in [0.25, 0.3) is 5.69 Å². The van der Waals surface area contributed by atoms with E-state index in [0.717, 1.165) is 12.2 Å². The molecule has 4 rings (SSSR count). The van der Waals surface area contributed by atoms with Gasteiger partial charge in [0.15, 0.2) is 0 Å². The van der Waals surface area contributed by atoms with Gasteiger partial charge in [0.2, 0.25) is 0 Å². The molecule has 0 spiro atoms. The fourth-order valence-corrected chi connectivity index (χ4v) is 3.23. The Hall–Kier alpha value is -2.72. The van der Waals surface area contributed by atoms with Gasteiger partial charge < -0.3 is 4.90 Å². The van der Waals surface area contributed by atoms with Gasteiger partial charge in [0, 0.05) is 36.9 Å². The lowest BCUT2D eigenvalue weighted by Gasteiger charge is -2.38. The smallest absolute Gasteiger partial charge is 0.253 e. The predicted molar refractivity (Wildman–Crippen MR) is 86.4 cm³/mol. The van der Waals surface area contributed by atoms with Crippen molar-refractivity contribution in [3.63, 3.8) is 0 Å². The maximum absolute atomic E-state index is 12.7. The second kappa shape index (κ2) is 6.06. The molecule has 0 N–H and O–H groups in total. The number of carbonyl (C=O) groups excluding carboxylic acids is 1. The summed E-state index contributed by atoms with van der Waals surface area (Å²) in [6, 6.07) is 10.1. The zero-order chi connectivity index (χ0) is 16.5. The molecule has 2 aromatic rings. The first-order chi connectivity index (χ1) is 11.8. The third-order valence-electron chi connectivity index (χ3n) is 4.71. The third kappa shape index (κ3) is 2.76. The lowest BCUT2D eigenvalue weighted by molar-refractivity contribution is 0.0550. The van der Waals surface area contributed by atoms with Crippen LogP contribution in [0.4, 0.5) is 0 Å². The van der Waals surface area contributed by atoms with Crippen LogP contribution in [-0.2, 0) is 0 Å². The van der Waals surface area contributed by atoms with Gasteiger partial charge in [-0.05, 0) is 37.1 Å². The highest BCUT2D eigenvalue weighted by Gasteiger charge is 2.38. The number of rotatable bonds is 3. The normalized spacial score (nSPS) is 21.5. The first kappa shape index (κ1) is 14.8. The number of nitriles is 1. The molecule has 0 radical (unpaired) electrons. The van der Waals surface area contributed by atoms with Crippen LogP contribution >= 0.6 is 0 Å². The Morgan fingerprint density at radius 1 is 1.12 bits per heavy atom. The fraction of sp³-hybridized carbons (Fsp3) is 0.412. The van der Waals surface area contributed by atoms with E-state index in [2.05, 4.69) is 21.2 Å². The Labute approximate surface area is 140 Å². The van der Waals surface area contributed by atoms with E-state index in [1.165, 1.54) is 12.8 Å². The van der Waals surface area contributed by atoms with E-state index in [0.29, 0.717) is 24.7 Å². The lowest BCUT2D eigenvalue weighted by Crippen LogP contribution is -2.54. The number of carbonyl (C=O) groups is 1. The van der Waals surface area contributed by atoms with Crippen molar-refractivity contribution >= 4 is 5.91 Å². The molecule has 7 nitrogen and oxygen atoms in total. The number of nitrogens with zero attached hydrogens (tertiary/aromatic N) is 6. The molecule has 1 aromatic carbocycles. The SMILES string of the molecule is N#CC1CN(C(=O)c2ccc(-n3cnnc3)cc2)CCN1C1CC1. The summed E-state index contributed by atoms with van der Waals surface area (Å²) < 4.78 is 1.79. The number of piperazine rings is 1. The van der Waals surface area contributed by atoms with Crippen molar-refractivity contribution in [1.82, 2.24) is 24.6 Å². The Morgan fingerprint density at radius 3 is 2.46 bits per heavy atom. The minimum atomic E-state index is -0.188. The van der Waals surface area contributed by atoms with Crippen molar-refractivity contribution in [1.29, 1.82) is 5.26 Å². The van der Waals surface area contributed by atoms with Crippen LogP contribution in [-0.4, -0.2) is 62.2 Å². The van der Waals surface area contributed by atoms with Crippen molar-refractivity contribution in [3.05, 3.63) is 42.5 Å². The molecule has 7 heteroatoms. The molecule has 24 heavy (non-hydrogen) atoms. The molecule has 1 atom stereocenters. The van der Waals surface area contributed by atoms with Crippen LogP contribution in [0.15, 0.2) is 36.9 Å². The number of amides is 1.